The van der Waals surface area contributed by atoms with E-state index in [0.29, 0.717) is 0 Å². The number of hydrogen-bond donors (Lipinski definition) is 1. The van der Waals surface area contributed by atoms with Crippen LogP contribution >= 0.6 is 22.7 Å². The molecule has 0 radical (unpaired) electrons. The normalized spacial score (nSPS) is 15.4. The average Bonchev–Trinajstić information content (AvgIpc) is 3.44. The summed E-state index contributed by atoms with van der Waals surface area (Å²) in [4.78, 5) is 23.8. The minimum atomic E-state index is 0.862. The van der Waals surface area contributed by atoms with Gasteiger partial charge in [-0.3, -0.25) is 4.90 Å². The summed E-state index contributed by atoms with van der Waals surface area (Å²) in [5, 5.41) is 2.39. The maximum absolute atomic E-state index is 4.75. The third kappa shape index (κ3) is 3.80. The summed E-state index contributed by atoms with van der Waals surface area (Å²) in [5.41, 5.74) is 6.14. The van der Waals surface area contributed by atoms with E-state index in [1.165, 1.54) is 20.6 Å². The van der Waals surface area contributed by atoms with Crippen LogP contribution in [0.3, 0.4) is 0 Å². The number of para-hydroxylation sites is 2. The van der Waals surface area contributed by atoms with E-state index < -0.39 is 0 Å². The van der Waals surface area contributed by atoms with E-state index >= 15 is 0 Å². The zero-order chi connectivity index (χ0) is 19.8. The highest BCUT2D eigenvalue weighted by molar-refractivity contribution is 7.14. The molecule has 5 rings (SSSR count). The standard InChI is InChI=1S/C21H24N6S2/c1-14-18(29-15(2)23-14)7-8-26-9-11-27(12-10-26)21-19(22-13-28-21)20-24-16-5-3-4-6-17(16)25-20/h3-6,13H,7-12H2,1-2H3,(H,24,25). The lowest BCUT2D eigenvalue weighted by Gasteiger charge is -2.35. The van der Waals surface area contributed by atoms with Gasteiger partial charge in [-0.2, -0.15) is 0 Å². The molecule has 0 saturated carbocycles. The second-order valence-corrected chi connectivity index (χ2v) is 9.55. The maximum Gasteiger partial charge on any atom is 0.160 e. The van der Waals surface area contributed by atoms with Crippen LogP contribution in [-0.4, -0.2) is 57.6 Å². The number of rotatable bonds is 5. The van der Waals surface area contributed by atoms with Crippen molar-refractivity contribution < 1.29 is 0 Å². The van der Waals surface area contributed by atoms with Crippen LogP contribution in [0, 0.1) is 13.8 Å². The van der Waals surface area contributed by atoms with Gasteiger partial charge in [-0.25, -0.2) is 15.0 Å². The summed E-state index contributed by atoms with van der Waals surface area (Å²) in [6.45, 7) is 9.53. The molecule has 1 N–H and O–H groups in total. The van der Waals surface area contributed by atoms with Crippen LogP contribution < -0.4 is 4.90 Å². The number of thiazole rings is 2. The molecule has 1 aliphatic heterocycles. The predicted octanol–water partition coefficient (Wildman–Crippen LogP) is 4.12. The van der Waals surface area contributed by atoms with Crippen LogP contribution in [0.15, 0.2) is 29.8 Å². The Balaban J connectivity index is 1.25. The molecule has 1 saturated heterocycles. The lowest BCUT2D eigenvalue weighted by atomic mass is 10.2. The Morgan fingerprint density at radius 2 is 1.90 bits per heavy atom. The van der Waals surface area contributed by atoms with E-state index in [1.54, 1.807) is 11.3 Å². The molecule has 3 aromatic heterocycles. The van der Waals surface area contributed by atoms with Gasteiger partial charge in [0.2, 0.25) is 0 Å². The molecular formula is C21H24N6S2. The number of hydrogen-bond acceptors (Lipinski definition) is 7. The number of nitrogens with one attached hydrogen (secondary N) is 1. The van der Waals surface area contributed by atoms with Gasteiger partial charge in [-0.15, -0.1) is 22.7 Å². The number of anilines is 1. The second-order valence-electron chi connectivity index (χ2n) is 7.43. The van der Waals surface area contributed by atoms with Crippen LogP contribution in [0.5, 0.6) is 0 Å². The van der Waals surface area contributed by atoms with Gasteiger partial charge in [0.1, 0.15) is 10.7 Å². The van der Waals surface area contributed by atoms with Crippen molar-refractivity contribution in [1.82, 2.24) is 24.8 Å². The minimum Gasteiger partial charge on any atom is -0.359 e. The van der Waals surface area contributed by atoms with Gasteiger partial charge in [-0.05, 0) is 32.4 Å². The summed E-state index contributed by atoms with van der Waals surface area (Å²) in [6, 6.07) is 8.14. The van der Waals surface area contributed by atoms with Crippen LogP contribution in [0.1, 0.15) is 15.6 Å². The van der Waals surface area contributed by atoms with Crippen LogP contribution in [-0.2, 0) is 6.42 Å². The summed E-state index contributed by atoms with van der Waals surface area (Å²) >= 11 is 3.54. The van der Waals surface area contributed by atoms with Crippen LogP contribution in [0.25, 0.3) is 22.6 Å². The number of nitrogens with zero attached hydrogens (tertiary/aromatic N) is 5. The summed E-state index contributed by atoms with van der Waals surface area (Å²) in [5.74, 6) is 0.862. The second kappa shape index (κ2) is 7.85. The molecule has 0 amide bonds. The van der Waals surface area contributed by atoms with Crippen molar-refractivity contribution in [2.75, 3.05) is 37.6 Å². The Hall–Kier alpha value is -2.29. The topological polar surface area (TPSA) is 60.9 Å². The van der Waals surface area contributed by atoms with Gasteiger partial charge >= 0.3 is 0 Å². The molecule has 0 bridgehead atoms. The molecule has 0 aliphatic carbocycles. The molecule has 0 spiro atoms. The SMILES string of the molecule is Cc1nc(C)c(CCN2CCN(c3scnc3-c3nc4ccccc4[nH]3)CC2)s1. The Morgan fingerprint density at radius 1 is 1.07 bits per heavy atom. The molecule has 150 valence electrons. The van der Waals surface area contributed by atoms with Gasteiger partial charge in [0.05, 0.1) is 27.2 Å². The molecule has 29 heavy (non-hydrogen) atoms. The fourth-order valence-corrected chi connectivity index (χ4v) is 5.71. The summed E-state index contributed by atoms with van der Waals surface area (Å²) in [6.07, 6.45) is 1.10. The van der Waals surface area contributed by atoms with Gasteiger partial charge < -0.3 is 9.88 Å². The third-order valence-corrected chi connectivity index (χ3v) is 7.49. The van der Waals surface area contributed by atoms with Crippen molar-refractivity contribution in [1.29, 1.82) is 0 Å². The van der Waals surface area contributed by atoms with Gasteiger partial charge in [0, 0.05) is 37.6 Å². The molecule has 0 atom stereocenters. The van der Waals surface area contributed by atoms with Crippen molar-refractivity contribution in [2.24, 2.45) is 0 Å². The number of imidazole rings is 1. The lowest BCUT2D eigenvalue weighted by Crippen LogP contribution is -2.46. The zero-order valence-corrected chi connectivity index (χ0v) is 18.3. The third-order valence-electron chi connectivity index (χ3n) is 5.48. The first-order chi connectivity index (χ1) is 14.2. The molecule has 1 fully saturated rings. The molecule has 0 unspecified atom stereocenters. The summed E-state index contributed by atoms with van der Waals surface area (Å²) in [7, 11) is 0. The fourth-order valence-electron chi connectivity index (χ4n) is 3.93. The predicted molar refractivity (Wildman–Crippen MR) is 121 cm³/mol. The van der Waals surface area contributed by atoms with Crippen LogP contribution in [0.4, 0.5) is 5.00 Å². The van der Waals surface area contributed by atoms with E-state index in [2.05, 4.69) is 44.7 Å². The van der Waals surface area contributed by atoms with E-state index in [9.17, 15) is 0 Å². The quantitative estimate of drug-likeness (QED) is 0.522. The minimum absolute atomic E-state index is 0.862. The van der Waals surface area contributed by atoms with E-state index in [0.717, 1.165) is 61.7 Å². The molecule has 4 aromatic rings. The maximum atomic E-state index is 4.75. The molecular weight excluding hydrogens is 400 g/mol. The van der Waals surface area contributed by atoms with Crippen molar-refractivity contribution in [3.63, 3.8) is 0 Å². The number of aryl methyl sites for hydroxylation is 2. The molecule has 8 heteroatoms. The van der Waals surface area contributed by atoms with Crippen molar-refractivity contribution >= 4 is 38.7 Å². The van der Waals surface area contributed by atoms with Gasteiger partial charge in [-0.1, -0.05) is 12.1 Å². The van der Waals surface area contributed by atoms with Crippen LogP contribution in [0.2, 0.25) is 0 Å². The highest BCUT2D eigenvalue weighted by Crippen LogP contribution is 2.33. The van der Waals surface area contributed by atoms with E-state index in [-0.39, 0.29) is 0 Å². The first kappa shape index (κ1) is 18.7. The molecule has 6 nitrogen and oxygen atoms in total. The Bertz CT molecular complexity index is 1090. The van der Waals surface area contributed by atoms with Crippen molar-refractivity contribution in [3.8, 4) is 11.5 Å². The number of aromatic nitrogens is 4. The van der Waals surface area contributed by atoms with E-state index in [4.69, 9.17) is 4.98 Å². The largest absolute Gasteiger partial charge is 0.359 e. The first-order valence-electron chi connectivity index (χ1n) is 9.96. The van der Waals surface area contributed by atoms with E-state index in [1.807, 2.05) is 35.0 Å². The average molecular weight is 425 g/mol. The Kier molecular flexibility index (Phi) is 5.07. The lowest BCUT2D eigenvalue weighted by molar-refractivity contribution is 0.262. The Labute approximate surface area is 178 Å². The highest BCUT2D eigenvalue weighted by atomic mass is 32.1. The number of aromatic amines is 1. The number of fused-ring (bicyclic) bond motifs is 1. The molecule has 4 heterocycles. The zero-order valence-electron chi connectivity index (χ0n) is 16.7. The highest BCUT2D eigenvalue weighted by Gasteiger charge is 2.23. The van der Waals surface area contributed by atoms with Crippen molar-refractivity contribution in [3.05, 3.63) is 45.4 Å². The monoisotopic (exact) mass is 424 g/mol. The molecule has 1 aliphatic rings. The number of H-pyrrole nitrogens is 1. The van der Waals surface area contributed by atoms with Crippen molar-refractivity contribution in [2.45, 2.75) is 20.3 Å². The summed E-state index contributed by atoms with van der Waals surface area (Å²) < 4.78 is 0. The number of piperazine rings is 1. The number of benzene rings is 1. The van der Waals surface area contributed by atoms with Gasteiger partial charge in [0.15, 0.2) is 5.82 Å². The smallest absolute Gasteiger partial charge is 0.160 e. The Morgan fingerprint density at radius 3 is 2.66 bits per heavy atom. The van der Waals surface area contributed by atoms with Gasteiger partial charge in [0.25, 0.3) is 0 Å². The first-order valence-corrected chi connectivity index (χ1v) is 11.7. The molecule has 1 aromatic carbocycles. The fraction of sp³-hybridized carbons (Fsp3) is 0.381.